The summed E-state index contributed by atoms with van der Waals surface area (Å²) in [6.45, 7) is 4.45. The molecule has 2 heterocycles. The predicted molar refractivity (Wildman–Crippen MR) is 103 cm³/mol. The molecule has 0 aliphatic heterocycles. The van der Waals surface area contributed by atoms with Gasteiger partial charge in [-0.05, 0) is 37.6 Å². The van der Waals surface area contributed by atoms with Crippen molar-refractivity contribution in [2.45, 2.75) is 32.9 Å². The lowest BCUT2D eigenvalue weighted by atomic mass is 10.2. The van der Waals surface area contributed by atoms with Gasteiger partial charge in [0.1, 0.15) is 5.75 Å². The number of hydrogen-bond donors (Lipinski definition) is 1. The lowest BCUT2D eigenvalue weighted by Gasteiger charge is -2.17. The number of thiazole rings is 1. The van der Waals surface area contributed by atoms with E-state index in [1.165, 1.54) is 0 Å². The molecule has 1 N–H and O–H groups in total. The molecule has 0 fully saturated rings. The molecule has 3 rings (SSSR count). The number of rotatable bonds is 7. The Balaban J connectivity index is 1.57. The number of thiophene rings is 1. The second-order valence-electron chi connectivity index (χ2n) is 5.56. The van der Waals surface area contributed by atoms with Crippen LogP contribution in [0.2, 0.25) is 0 Å². The number of nitrogens with one attached hydrogen (secondary N) is 1. The molecule has 1 atom stereocenters. The van der Waals surface area contributed by atoms with E-state index < -0.39 is 6.10 Å². The van der Waals surface area contributed by atoms with Crippen molar-refractivity contribution in [2.24, 2.45) is 0 Å². The summed E-state index contributed by atoms with van der Waals surface area (Å²) in [5, 5.41) is 6.09. The van der Waals surface area contributed by atoms with Crippen molar-refractivity contribution in [1.29, 1.82) is 0 Å². The molecule has 0 radical (unpaired) electrons. The summed E-state index contributed by atoms with van der Waals surface area (Å²) in [6, 6.07) is 13.5. The van der Waals surface area contributed by atoms with E-state index in [1.807, 2.05) is 50.2 Å². The third-order valence-corrected chi connectivity index (χ3v) is 5.54. The van der Waals surface area contributed by atoms with Crippen LogP contribution in [0.3, 0.4) is 0 Å². The van der Waals surface area contributed by atoms with Gasteiger partial charge in [0.2, 0.25) is 0 Å². The van der Waals surface area contributed by atoms with E-state index in [-0.39, 0.29) is 5.91 Å². The molecule has 0 saturated carbocycles. The van der Waals surface area contributed by atoms with E-state index in [1.54, 1.807) is 22.7 Å². The van der Waals surface area contributed by atoms with Crippen LogP contribution < -0.4 is 10.1 Å². The fourth-order valence-electron chi connectivity index (χ4n) is 2.36. The van der Waals surface area contributed by atoms with Crippen LogP contribution in [-0.2, 0) is 11.3 Å². The summed E-state index contributed by atoms with van der Waals surface area (Å²) >= 11 is 3.30. The summed E-state index contributed by atoms with van der Waals surface area (Å²) in [6.07, 6.45) is 0.136. The largest absolute Gasteiger partial charge is 0.481 e. The highest BCUT2D eigenvalue weighted by Gasteiger charge is 2.18. The molecule has 3 aromatic rings. The third kappa shape index (κ3) is 4.67. The van der Waals surface area contributed by atoms with Gasteiger partial charge >= 0.3 is 0 Å². The zero-order chi connectivity index (χ0) is 17.6. The molecule has 25 heavy (non-hydrogen) atoms. The van der Waals surface area contributed by atoms with Gasteiger partial charge in [-0.25, -0.2) is 4.98 Å². The highest BCUT2D eigenvalue weighted by Crippen LogP contribution is 2.29. The minimum absolute atomic E-state index is 0.0918. The first kappa shape index (κ1) is 17.6. The van der Waals surface area contributed by atoms with Crippen LogP contribution in [0.5, 0.6) is 5.75 Å². The zero-order valence-electron chi connectivity index (χ0n) is 14.2. The van der Waals surface area contributed by atoms with Crippen molar-refractivity contribution in [3.63, 3.8) is 0 Å². The summed E-state index contributed by atoms with van der Waals surface area (Å²) in [7, 11) is 0. The maximum absolute atomic E-state index is 12.4. The molecule has 130 valence electrons. The molecule has 0 spiro atoms. The highest BCUT2D eigenvalue weighted by atomic mass is 32.1. The minimum Gasteiger partial charge on any atom is -0.481 e. The standard InChI is InChI=1S/C19H20N2O2S2/c1-3-17(23-14-7-5-4-6-8-14)19(22)20-11-15-9-10-18(25-15)16-12-24-13(2)21-16/h4-10,12,17H,3,11H2,1-2H3,(H,20,22)/t17-/m0/s1. The lowest BCUT2D eigenvalue weighted by Crippen LogP contribution is -2.37. The van der Waals surface area contributed by atoms with Crippen molar-refractivity contribution in [3.8, 4) is 16.3 Å². The Labute approximate surface area is 155 Å². The van der Waals surface area contributed by atoms with Gasteiger partial charge in [-0.3, -0.25) is 4.79 Å². The van der Waals surface area contributed by atoms with Crippen LogP contribution in [-0.4, -0.2) is 17.0 Å². The second kappa shape index (κ2) is 8.27. The molecule has 0 bridgehead atoms. The predicted octanol–water partition coefficient (Wildman–Crippen LogP) is 4.65. The Morgan fingerprint density at radius 1 is 1.24 bits per heavy atom. The monoisotopic (exact) mass is 372 g/mol. The van der Waals surface area contributed by atoms with E-state index in [0.29, 0.717) is 18.7 Å². The van der Waals surface area contributed by atoms with Crippen LogP contribution in [0.4, 0.5) is 0 Å². The smallest absolute Gasteiger partial charge is 0.261 e. The zero-order valence-corrected chi connectivity index (χ0v) is 15.8. The fourth-order valence-corrected chi connectivity index (χ4v) is 3.96. The van der Waals surface area contributed by atoms with Gasteiger partial charge < -0.3 is 10.1 Å². The van der Waals surface area contributed by atoms with Crippen molar-refractivity contribution >= 4 is 28.6 Å². The van der Waals surface area contributed by atoms with Gasteiger partial charge in [0.15, 0.2) is 6.10 Å². The van der Waals surface area contributed by atoms with Crippen molar-refractivity contribution in [1.82, 2.24) is 10.3 Å². The number of aryl methyl sites for hydroxylation is 1. The Hall–Kier alpha value is -2.18. The number of benzene rings is 1. The van der Waals surface area contributed by atoms with Crippen molar-refractivity contribution in [2.75, 3.05) is 0 Å². The highest BCUT2D eigenvalue weighted by molar-refractivity contribution is 7.16. The number of carbonyl (C=O) groups excluding carboxylic acids is 1. The number of ether oxygens (including phenoxy) is 1. The molecule has 0 aliphatic rings. The Morgan fingerprint density at radius 2 is 2.04 bits per heavy atom. The number of amides is 1. The number of nitrogens with zero attached hydrogens (tertiary/aromatic N) is 1. The Bertz CT molecular complexity index is 827. The first-order valence-electron chi connectivity index (χ1n) is 8.16. The van der Waals surface area contributed by atoms with E-state index in [9.17, 15) is 4.79 Å². The molecule has 4 nitrogen and oxygen atoms in total. The summed E-state index contributed by atoms with van der Waals surface area (Å²) in [5.41, 5.74) is 1.00. The number of para-hydroxylation sites is 1. The van der Waals surface area contributed by atoms with Gasteiger partial charge in [0.05, 0.1) is 22.1 Å². The molecule has 2 aromatic heterocycles. The average molecular weight is 373 g/mol. The van der Waals surface area contributed by atoms with Crippen LogP contribution in [0.15, 0.2) is 47.8 Å². The summed E-state index contributed by atoms with van der Waals surface area (Å²) < 4.78 is 5.77. The van der Waals surface area contributed by atoms with Crippen molar-refractivity contribution < 1.29 is 9.53 Å². The van der Waals surface area contributed by atoms with Crippen LogP contribution in [0.25, 0.3) is 10.6 Å². The fraction of sp³-hybridized carbons (Fsp3) is 0.263. The third-order valence-electron chi connectivity index (χ3n) is 3.65. The molecule has 1 aromatic carbocycles. The van der Waals surface area contributed by atoms with Crippen molar-refractivity contribution in [3.05, 3.63) is 57.7 Å². The van der Waals surface area contributed by atoms with Crippen LogP contribution in [0.1, 0.15) is 23.2 Å². The number of carbonyl (C=O) groups is 1. The normalized spacial score (nSPS) is 11.9. The summed E-state index contributed by atoms with van der Waals surface area (Å²) in [5.74, 6) is 0.618. The molecular weight excluding hydrogens is 352 g/mol. The van der Waals surface area contributed by atoms with Gasteiger partial charge in [-0.2, -0.15) is 0 Å². The summed E-state index contributed by atoms with van der Waals surface area (Å²) in [4.78, 5) is 19.1. The van der Waals surface area contributed by atoms with E-state index in [4.69, 9.17) is 4.74 Å². The van der Waals surface area contributed by atoms with E-state index in [2.05, 4.69) is 21.7 Å². The minimum atomic E-state index is -0.483. The molecule has 0 aliphatic carbocycles. The van der Waals surface area contributed by atoms with E-state index >= 15 is 0 Å². The quantitative estimate of drug-likeness (QED) is 0.656. The first-order chi connectivity index (χ1) is 12.2. The van der Waals surface area contributed by atoms with Gasteiger partial charge in [0, 0.05) is 10.3 Å². The molecular formula is C19H20N2O2S2. The maximum Gasteiger partial charge on any atom is 0.261 e. The van der Waals surface area contributed by atoms with Gasteiger partial charge in [-0.1, -0.05) is 25.1 Å². The molecule has 6 heteroatoms. The Kier molecular flexibility index (Phi) is 5.83. The van der Waals surface area contributed by atoms with Gasteiger partial charge in [-0.15, -0.1) is 22.7 Å². The van der Waals surface area contributed by atoms with Gasteiger partial charge in [0.25, 0.3) is 5.91 Å². The number of hydrogen-bond acceptors (Lipinski definition) is 5. The topological polar surface area (TPSA) is 51.2 Å². The molecule has 0 unspecified atom stereocenters. The average Bonchev–Trinajstić information content (AvgIpc) is 3.27. The van der Waals surface area contributed by atoms with E-state index in [0.717, 1.165) is 20.5 Å². The second-order valence-corrected chi connectivity index (χ2v) is 7.79. The number of aromatic nitrogens is 1. The molecule has 1 amide bonds. The first-order valence-corrected chi connectivity index (χ1v) is 9.86. The SMILES string of the molecule is CC[C@H](Oc1ccccc1)C(=O)NCc1ccc(-c2csc(C)n2)s1. The lowest BCUT2D eigenvalue weighted by molar-refractivity contribution is -0.128. The molecule has 0 saturated heterocycles. The Morgan fingerprint density at radius 3 is 2.72 bits per heavy atom. The maximum atomic E-state index is 12.4. The van der Waals surface area contributed by atoms with Crippen LogP contribution >= 0.6 is 22.7 Å². The van der Waals surface area contributed by atoms with Crippen LogP contribution in [0, 0.1) is 6.92 Å².